The number of sulfone groups is 1. The molecule has 1 aromatic rings. The van der Waals surface area contributed by atoms with Gasteiger partial charge in [0.1, 0.15) is 0 Å². The van der Waals surface area contributed by atoms with Crippen LogP contribution in [-0.2, 0) is 16.3 Å². The molecular weight excluding hydrogens is 250 g/mol. The molecule has 0 bridgehead atoms. The standard InChI is InChI=1S/C12H19N3O2S/c13-11-2-3-12(14-10-11)4-6-15-5-1-8-18(16,17)9-7-15/h2-3,10H,1,4-9,13H2. The van der Waals surface area contributed by atoms with Gasteiger partial charge in [-0.3, -0.25) is 4.98 Å². The predicted molar refractivity (Wildman–Crippen MR) is 72.1 cm³/mol. The van der Waals surface area contributed by atoms with Crippen molar-refractivity contribution in [1.29, 1.82) is 0 Å². The van der Waals surface area contributed by atoms with Crippen LogP contribution >= 0.6 is 0 Å². The van der Waals surface area contributed by atoms with E-state index in [1.165, 1.54) is 0 Å². The van der Waals surface area contributed by atoms with Crippen LogP contribution in [0, 0.1) is 0 Å². The topological polar surface area (TPSA) is 76.3 Å². The summed E-state index contributed by atoms with van der Waals surface area (Å²) in [4.78, 5) is 6.44. The molecule has 5 nitrogen and oxygen atoms in total. The van der Waals surface area contributed by atoms with E-state index in [9.17, 15) is 8.42 Å². The number of nitrogens with two attached hydrogens (primary N) is 1. The van der Waals surface area contributed by atoms with E-state index in [0.717, 1.165) is 31.6 Å². The van der Waals surface area contributed by atoms with Crippen molar-refractivity contribution in [3.05, 3.63) is 24.0 Å². The first-order chi connectivity index (χ1) is 8.55. The quantitative estimate of drug-likeness (QED) is 0.855. The number of pyridine rings is 1. The summed E-state index contributed by atoms with van der Waals surface area (Å²) in [6.45, 7) is 2.35. The lowest BCUT2D eigenvalue weighted by molar-refractivity contribution is 0.298. The van der Waals surface area contributed by atoms with E-state index in [1.807, 2.05) is 12.1 Å². The van der Waals surface area contributed by atoms with E-state index < -0.39 is 9.84 Å². The Morgan fingerprint density at radius 3 is 2.83 bits per heavy atom. The number of rotatable bonds is 3. The lowest BCUT2D eigenvalue weighted by Gasteiger charge is -2.18. The second-order valence-electron chi connectivity index (χ2n) is 4.68. The van der Waals surface area contributed by atoms with Crippen LogP contribution in [0.1, 0.15) is 12.1 Å². The molecule has 2 rings (SSSR count). The molecule has 1 aromatic heterocycles. The first-order valence-corrected chi connectivity index (χ1v) is 8.00. The van der Waals surface area contributed by atoms with Gasteiger partial charge in [0.15, 0.2) is 9.84 Å². The lowest BCUT2D eigenvalue weighted by atomic mass is 10.2. The van der Waals surface area contributed by atoms with Gasteiger partial charge >= 0.3 is 0 Å². The van der Waals surface area contributed by atoms with E-state index in [4.69, 9.17) is 5.73 Å². The molecule has 0 amide bonds. The van der Waals surface area contributed by atoms with E-state index >= 15 is 0 Å². The Hall–Kier alpha value is -1.14. The van der Waals surface area contributed by atoms with E-state index in [2.05, 4.69) is 9.88 Å². The fourth-order valence-corrected chi connectivity index (χ4v) is 3.38. The Balaban J connectivity index is 1.85. The van der Waals surface area contributed by atoms with Crippen LogP contribution in [-0.4, -0.2) is 49.4 Å². The molecule has 1 aliphatic heterocycles. The summed E-state index contributed by atoms with van der Waals surface area (Å²) in [5.41, 5.74) is 7.24. The fraction of sp³-hybridized carbons (Fsp3) is 0.583. The van der Waals surface area contributed by atoms with Crippen LogP contribution in [0.4, 0.5) is 5.69 Å². The van der Waals surface area contributed by atoms with Gasteiger partial charge in [0.25, 0.3) is 0 Å². The third-order valence-corrected chi connectivity index (χ3v) is 4.90. The highest BCUT2D eigenvalue weighted by Gasteiger charge is 2.18. The van der Waals surface area contributed by atoms with Crippen molar-refractivity contribution in [2.45, 2.75) is 12.8 Å². The summed E-state index contributed by atoms with van der Waals surface area (Å²) >= 11 is 0. The molecule has 1 aliphatic rings. The van der Waals surface area contributed by atoms with Crippen molar-refractivity contribution >= 4 is 15.5 Å². The predicted octanol–water partition coefficient (Wildman–Crippen LogP) is 0.327. The molecule has 0 aromatic carbocycles. The number of hydrogen-bond donors (Lipinski definition) is 1. The Morgan fingerprint density at radius 2 is 2.11 bits per heavy atom. The molecule has 6 heteroatoms. The van der Waals surface area contributed by atoms with Gasteiger partial charge in [0, 0.05) is 25.2 Å². The van der Waals surface area contributed by atoms with Crippen LogP contribution < -0.4 is 5.73 Å². The van der Waals surface area contributed by atoms with Crippen LogP contribution in [0.2, 0.25) is 0 Å². The third-order valence-electron chi connectivity index (χ3n) is 3.18. The van der Waals surface area contributed by atoms with Crippen LogP contribution in [0.5, 0.6) is 0 Å². The van der Waals surface area contributed by atoms with Crippen molar-refractivity contribution < 1.29 is 8.42 Å². The van der Waals surface area contributed by atoms with E-state index in [-0.39, 0.29) is 5.75 Å². The molecule has 0 unspecified atom stereocenters. The molecule has 0 spiro atoms. The molecule has 2 N–H and O–H groups in total. The average molecular weight is 269 g/mol. The minimum Gasteiger partial charge on any atom is -0.397 e. The highest BCUT2D eigenvalue weighted by Crippen LogP contribution is 2.07. The maximum atomic E-state index is 11.5. The summed E-state index contributed by atoms with van der Waals surface area (Å²) in [7, 11) is -2.81. The molecule has 0 aliphatic carbocycles. The summed E-state index contributed by atoms with van der Waals surface area (Å²) in [5, 5.41) is 0. The van der Waals surface area contributed by atoms with E-state index in [1.54, 1.807) is 6.20 Å². The van der Waals surface area contributed by atoms with Crippen molar-refractivity contribution in [3.8, 4) is 0 Å². The molecule has 100 valence electrons. The van der Waals surface area contributed by atoms with Crippen LogP contribution in [0.3, 0.4) is 0 Å². The van der Waals surface area contributed by atoms with Gasteiger partial charge in [-0.1, -0.05) is 0 Å². The average Bonchev–Trinajstić information content (AvgIpc) is 2.50. The summed E-state index contributed by atoms with van der Waals surface area (Å²) < 4.78 is 22.9. The fourth-order valence-electron chi connectivity index (χ4n) is 2.07. The minimum atomic E-state index is -2.81. The number of anilines is 1. The monoisotopic (exact) mass is 269 g/mol. The van der Waals surface area contributed by atoms with Crippen molar-refractivity contribution in [3.63, 3.8) is 0 Å². The SMILES string of the molecule is Nc1ccc(CCN2CCCS(=O)(=O)CC2)nc1. The molecule has 18 heavy (non-hydrogen) atoms. The maximum absolute atomic E-state index is 11.5. The second-order valence-corrected chi connectivity index (χ2v) is 6.98. The Morgan fingerprint density at radius 1 is 1.28 bits per heavy atom. The van der Waals surface area contributed by atoms with Gasteiger partial charge in [-0.05, 0) is 25.1 Å². The van der Waals surface area contributed by atoms with Crippen molar-refractivity contribution in [1.82, 2.24) is 9.88 Å². The Bertz CT molecular complexity index is 485. The summed E-state index contributed by atoms with van der Waals surface area (Å²) in [6.07, 6.45) is 3.22. The highest BCUT2D eigenvalue weighted by molar-refractivity contribution is 7.91. The number of hydrogen-bond acceptors (Lipinski definition) is 5. The van der Waals surface area contributed by atoms with Gasteiger partial charge in [-0.15, -0.1) is 0 Å². The van der Waals surface area contributed by atoms with Gasteiger partial charge in [0.2, 0.25) is 0 Å². The number of nitrogen functional groups attached to an aromatic ring is 1. The van der Waals surface area contributed by atoms with Crippen LogP contribution in [0.25, 0.3) is 0 Å². The van der Waals surface area contributed by atoms with Gasteiger partial charge in [-0.25, -0.2) is 8.42 Å². The maximum Gasteiger partial charge on any atom is 0.151 e. The summed E-state index contributed by atoms with van der Waals surface area (Å²) in [6, 6.07) is 3.76. The zero-order chi connectivity index (χ0) is 13.0. The highest BCUT2D eigenvalue weighted by atomic mass is 32.2. The first kappa shape index (κ1) is 13.3. The van der Waals surface area contributed by atoms with Gasteiger partial charge < -0.3 is 10.6 Å². The second kappa shape index (κ2) is 5.67. The van der Waals surface area contributed by atoms with Gasteiger partial charge in [0.05, 0.1) is 23.4 Å². The van der Waals surface area contributed by atoms with Crippen molar-refractivity contribution in [2.24, 2.45) is 0 Å². The Labute approximate surface area is 108 Å². The normalized spacial score (nSPS) is 20.4. The van der Waals surface area contributed by atoms with Crippen LogP contribution in [0.15, 0.2) is 18.3 Å². The number of nitrogens with zero attached hydrogens (tertiary/aromatic N) is 2. The molecule has 0 radical (unpaired) electrons. The van der Waals surface area contributed by atoms with Gasteiger partial charge in [-0.2, -0.15) is 0 Å². The molecule has 0 atom stereocenters. The molecule has 1 saturated heterocycles. The number of aromatic nitrogens is 1. The first-order valence-electron chi connectivity index (χ1n) is 6.18. The largest absolute Gasteiger partial charge is 0.397 e. The zero-order valence-electron chi connectivity index (χ0n) is 10.4. The summed E-state index contributed by atoms with van der Waals surface area (Å²) in [5.74, 6) is 0.603. The molecule has 0 saturated carbocycles. The lowest BCUT2D eigenvalue weighted by Crippen LogP contribution is -2.29. The van der Waals surface area contributed by atoms with E-state index in [0.29, 0.717) is 18.0 Å². The Kier molecular flexibility index (Phi) is 4.19. The molecular formula is C12H19N3O2S. The zero-order valence-corrected chi connectivity index (χ0v) is 11.2. The minimum absolute atomic E-state index is 0.280. The third kappa shape index (κ3) is 3.96. The van der Waals surface area contributed by atoms with Crippen molar-refractivity contribution in [2.75, 3.05) is 36.9 Å². The molecule has 1 fully saturated rings. The smallest absolute Gasteiger partial charge is 0.151 e. The molecule has 2 heterocycles.